The lowest BCUT2D eigenvalue weighted by Gasteiger charge is -2.05. The molecule has 0 spiro atoms. The van der Waals surface area contributed by atoms with Crippen molar-refractivity contribution in [1.82, 2.24) is 0 Å². The molecule has 0 amide bonds. The zero-order chi connectivity index (χ0) is 10.7. The first-order valence-electron chi connectivity index (χ1n) is 5.06. The van der Waals surface area contributed by atoms with Gasteiger partial charge in [-0.15, -0.1) is 0 Å². The van der Waals surface area contributed by atoms with Crippen LogP contribution in [-0.4, -0.2) is 0 Å². The molecule has 0 atom stereocenters. The van der Waals surface area contributed by atoms with Gasteiger partial charge in [0.05, 0.1) is 11.2 Å². The molecule has 0 saturated heterocycles. The van der Waals surface area contributed by atoms with Crippen molar-refractivity contribution < 1.29 is 4.42 Å². The maximum Gasteiger partial charge on any atom is 0.104 e. The van der Waals surface area contributed by atoms with E-state index < -0.39 is 0 Å². The van der Waals surface area contributed by atoms with Crippen molar-refractivity contribution >= 4 is 11.8 Å². The third-order valence-electron chi connectivity index (χ3n) is 2.28. The minimum absolute atomic E-state index is 0.595. The summed E-state index contributed by atoms with van der Waals surface area (Å²) in [6.45, 7) is 4.41. The van der Waals surface area contributed by atoms with Crippen LogP contribution in [0.25, 0.3) is 0 Å². The van der Waals surface area contributed by atoms with Crippen LogP contribution in [0, 0.1) is 0 Å². The van der Waals surface area contributed by atoms with Crippen LogP contribution >= 0.6 is 11.8 Å². The maximum absolute atomic E-state index is 5.03. The van der Waals surface area contributed by atoms with E-state index in [0.29, 0.717) is 5.92 Å². The molecule has 0 unspecified atom stereocenters. The second kappa shape index (κ2) is 4.58. The van der Waals surface area contributed by atoms with Gasteiger partial charge in [-0.3, -0.25) is 0 Å². The van der Waals surface area contributed by atoms with E-state index >= 15 is 0 Å². The number of hydrogen-bond donors (Lipinski definition) is 0. The van der Waals surface area contributed by atoms with Crippen molar-refractivity contribution in [2.24, 2.45) is 0 Å². The van der Waals surface area contributed by atoms with E-state index in [1.807, 2.05) is 6.07 Å². The molecule has 1 aromatic heterocycles. The quantitative estimate of drug-likeness (QED) is 0.749. The highest BCUT2D eigenvalue weighted by molar-refractivity contribution is 7.99. The molecule has 0 radical (unpaired) electrons. The molecular formula is C13H14OS. The maximum atomic E-state index is 5.03. The zero-order valence-corrected chi connectivity index (χ0v) is 9.75. The van der Waals surface area contributed by atoms with Gasteiger partial charge < -0.3 is 4.42 Å². The number of hydrogen-bond acceptors (Lipinski definition) is 2. The van der Waals surface area contributed by atoms with Gasteiger partial charge in [0.2, 0.25) is 0 Å². The first kappa shape index (κ1) is 10.4. The lowest BCUT2D eigenvalue weighted by atomic mass is 10.0. The fourth-order valence-corrected chi connectivity index (χ4v) is 2.14. The summed E-state index contributed by atoms with van der Waals surface area (Å²) in [5.41, 5.74) is 1.38. The van der Waals surface area contributed by atoms with Crippen molar-refractivity contribution in [3.8, 4) is 0 Å². The van der Waals surface area contributed by atoms with E-state index in [1.54, 1.807) is 24.3 Å². The first-order valence-corrected chi connectivity index (χ1v) is 5.87. The van der Waals surface area contributed by atoms with Crippen LogP contribution in [0.5, 0.6) is 0 Å². The molecule has 0 N–H and O–H groups in total. The molecule has 1 heterocycles. The standard InChI is InChI=1S/C13H14OS/c1-10(2)11-3-5-12(6-4-11)15-13-7-8-14-9-13/h3-10H,1-2H3. The average molecular weight is 218 g/mol. The number of furan rings is 1. The Morgan fingerprint density at radius 1 is 1.00 bits per heavy atom. The Hall–Kier alpha value is -1.15. The van der Waals surface area contributed by atoms with E-state index in [0.717, 1.165) is 4.90 Å². The van der Waals surface area contributed by atoms with Gasteiger partial charge in [-0.1, -0.05) is 37.7 Å². The third-order valence-corrected chi connectivity index (χ3v) is 3.25. The molecule has 2 rings (SSSR count). The Kier molecular flexibility index (Phi) is 3.17. The molecule has 2 aromatic rings. The molecule has 0 bridgehead atoms. The fraction of sp³-hybridized carbons (Fsp3) is 0.231. The monoisotopic (exact) mass is 218 g/mol. The Morgan fingerprint density at radius 3 is 2.27 bits per heavy atom. The first-order chi connectivity index (χ1) is 7.25. The largest absolute Gasteiger partial charge is 0.471 e. The van der Waals surface area contributed by atoms with Crippen LogP contribution < -0.4 is 0 Å². The van der Waals surface area contributed by atoms with E-state index in [2.05, 4.69) is 38.1 Å². The van der Waals surface area contributed by atoms with Crippen LogP contribution in [-0.2, 0) is 0 Å². The van der Waals surface area contributed by atoms with Crippen LogP contribution in [0.1, 0.15) is 25.3 Å². The van der Waals surface area contributed by atoms with Crippen molar-refractivity contribution in [2.45, 2.75) is 29.6 Å². The Labute approximate surface area is 94.5 Å². The van der Waals surface area contributed by atoms with Crippen molar-refractivity contribution in [2.75, 3.05) is 0 Å². The van der Waals surface area contributed by atoms with Crippen molar-refractivity contribution in [3.63, 3.8) is 0 Å². The summed E-state index contributed by atoms with van der Waals surface area (Å²) in [4.78, 5) is 2.40. The van der Waals surface area contributed by atoms with Gasteiger partial charge in [0.15, 0.2) is 0 Å². The minimum Gasteiger partial charge on any atom is -0.471 e. The average Bonchev–Trinajstić information content (AvgIpc) is 2.71. The van der Waals surface area contributed by atoms with E-state index in [-0.39, 0.29) is 0 Å². The van der Waals surface area contributed by atoms with E-state index in [4.69, 9.17) is 4.42 Å². The van der Waals surface area contributed by atoms with Crippen LogP contribution in [0.2, 0.25) is 0 Å². The fourth-order valence-electron chi connectivity index (χ4n) is 1.37. The predicted molar refractivity (Wildman–Crippen MR) is 63.4 cm³/mol. The minimum atomic E-state index is 0.595. The van der Waals surface area contributed by atoms with Gasteiger partial charge in [-0.2, -0.15) is 0 Å². The molecular weight excluding hydrogens is 204 g/mol. The van der Waals surface area contributed by atoms with Crippen LogP contribution in [0.3, 0.4) is 0 Å². The van der Waals surface area contributed by atoms with Gasteiger partial charge in [-0.05, 0) is 29.7 Å². The molecule has 78 valence electrons. The molecule has 1 nitrogen and oxygen atoms in total. The van der Waals surface area contributed by atoms with E-state index in [1.165, 1.54) is 10.5 Å². The molecule has 1 aromatic carbocycles. The van der Waals surface area contributed by atoms with Gasteiger partial charge >= 0.3 is 0 Å². The SMILES string of the molecule is CC(C)c1ccc(Sc2ccoc2)cc1. The van der Waals surface area contributed by atoms with Crippen molar-refractivity contribution in [1.29, 1.82) is 0 Å². The molecule has 0 aliphatic rings. The lowest BCUT2D eigenvalue weighted by molar-refractivity contribution is 0.562. The predicted octanol–water partition coefficient (Wildman–Crippen LogP) is 4.55. The highest BCUT2D eigenvalue weighted by atomic mass is 32.2. The summed E-state index contributed by atoms with van der Waals surface area (Å²) in [6.07, 6.45) is 3.46. The topological polar surface area (TPSA) is 13.1 Å². The van der Waals surface area contributed by atoms with Gasteiger partial charge in [0.1, 0.15) is 6.26 Å². The van der Waals surface area contributed by atoms with Crippen molar-refractivity contribution in [3.05, 3.63) is 48.4 Å². The summed E-state index contributed by atoms with van der Waals surface area (Å²) in [5, 5.41) is 0. The molecule has 0 saturated carbocycles. The highest BCUT2D eigenvalue weighted by Crippen LogP contribution is 2.28. The number of benzene rings is 1. The van der Waals surface area contributed by atoms with Gasteiger partial charge in [-0.25, -0.2) is 0 Å². The molecule has 2 heteroatoms. The number of rotatable bonds is 3. The summed E-state index contributed by atoms with van der Waals surface area (Å²) >= 11 is 1.72. The Morgan fingerprint density at radius 2 is 1.73 bits per heavy atom. The van der Waals surface area contributed by atoms with Crippen LogP contribution in [0.4, 0.5) is 0 Å². The Bertz CT molecular complexity index is 401. The molecule has 15 heavy (non-hydrogen) atoms. The summed E-state index contributed by atoms with van der Waals surface area (Å²) in [5.74, 6) is 0.595. The zero-order valence-electron chi connectivity index (χ0n) is 8.94. The summed E-state index contributed by atoms with van der Waals surface area (Å²) < 4.78 is 5.03. The second-order valence-electron chi connectivity index (χ2n) is 3.78. The normalized spacial score (nSPS) is 10.9. The van der Waals surface area contributed by atoms with E-state index in [9.17, 15) is 0 Å². The molecule has 0 fully saturated rings. The molecule has 0 aliphatic carbocycles. The molecule has 0 aliphatic heterocycles. The van der Waals surface area contributed by atoms with Crippen LogP contribution in [0.15, 0.2) is 57.1 Å². The van der Waals surface area contributed by atoms with Gasteiger partial charge in [0.25, 0.3) is 0 Å². The summed E-state index contributed by atoms with van der Waals surface area (Å²) in [7, 11) is 0. The second-order valence-corrected chi connectivity index (χ2v) is 4.93. The van der Waals surface area contributed by atoms with Gasteiger partial charge in [0, 0.05) is 4.90 Å². The summed E-state index contributed by atoms with van der Waals surface area (Å²) in [6, 6.07) is 10.7. The smallest absolute Gasteiger partial charge is 0.104 e. The highest BCUT2D eigenvalue weighted by Gasteiger charge is 2.01. The Balaban J connectivity index is 2.11. The third kappa shape index (κ3) is 2.66. The lowest BCUT2D eigenvalue weighted by Crippen LogP contribution is -1.85.